The molecule has 18 heavy (non-hydrogen) atoms. The lowest BCUT2D eigenvalue weighted by molar-refractivity contribution is -0.117. The molecule has 1 aliphatic rings. The minimum absolute atomic E-state index is 0.00961. The zero-order valence-corrected chi connectivity index (χ0v) is 11.3. The summed E-state index contributed by atoms with van der Waals surface area (Å²) < 4.78 is 0. The van der Waals surface area contributed by atoms with E-state index in [0.29, 0.717) is 24.3 Å². The first-order chi connectivity index (χ1) is 8.49. The molecular formula is C11H12ClN3O2S. The Labute approximate surface area is 114 Å². The van der Waals surface area contributed by atoms with Crippen LogP contribution in [-0.4, -0.2) is 27.8 Å². The number of hydrogen-bond acceptors (Lipinski definition) is 5. The van der Waals surface area contributed by atoms with Crippen molar-refractivity contribution in [1.82, 2.24) is 4.98 Å². The summed E-state index contributed by atoms with van der Waals surface area (Å²) in [5, 5.41) is 0.166. The fourth-order valence-corrected chi connectivity index (χ4v) is 2.97. The number of halogens is 1. The Morgan fingerprint density at radius 2 is 2.39 bits per heavy atom. The van der Waals surface area contributed by atoms with E-state index in [9.17, 15) is 9.59 Å². The molecule has 1 aromatic rings. The number of hydrogen-bond donors (Lipinski definition) is 1. The summed E-state index contributed by atoms with van der Waals surface area (Å²) >= 11 is 7.01. The van der Waals surface area contributed by atoms with Gasteiger partial charge in [0.2, 0.25) is 5.91 Å². The van der Waals surface area contributed by atoms with Crippen molar-refractivity contribution in [2.24, 2.45) is 0 Å². The summed E-state index contributed by atoms with van der Waals surface area (Å²) in [6.07, 6.45) is 1.84. The molecule has 1 amide bonds. The summed E-state index contributed by atoms with van der Waals surface area (Å²) in [5.41, 5.74) is 6.66. The Morgan fingerprint density at radius 3 is 3.06 bits per heavy atom. The van der Waals surface area contributed by atoms with E-state index >= 15 is 0 Å². The maximum atomic E-state index is 11.9. The molecule has 96 valence electrons. The first-order valence-electron chi connectivity index (χ1n) is 5.36. The third-order valence-electron chi connectivity index (χ3n) is 2.63. The fraction of sp³-hybridized carbons (Fsp3) is 0.364. The quantitative estimate of drug-likeness (QED) is 0.837. The van der Waals surface area contributed by atoms with E-state index in [-0.39, 0.29) is 21.4 Å². The van der Waals surface area contributed by atoms with E-state index in [0.717, 1.165) is 0 Å². The van der Waals surface area contributed by atoms with Crippen LogP contribution < -0.4 is 10.6 Å². The number of anilines is 2. The van der Waals surface area contributed by atoms with Gasteiger partial charge in [0.1, 0.15) is 0 Å². The zero-order chi connectivity index (χ0) is 13.3. The highest BCUT2D eigenvalue weighted by Gasteiger charge is 2.33. The number of amides is 1. The molecule has 0 spiro atoms. The number of nitrogens with zero attached hydrogens (tertiary/aromatic N) is 2. The van der Waals surface area contributed by atoms with Gasteiger partial charge in [-0.25, -0.2) is 4.98 Å². The van der Waals surface area contributed by atoms with Crippen molar-refractivity contribution < 1.29 is 9.59 Å². The van der Waals surface area contributed by atoms with Crippen LogP contribution in [0.2, 0.25) is 5.15 Å². The maximum absolute atomic E-state index is 11.9. The van der Waals surface area contributed by atoms with E-state index in [1.54, 1.807) is 11.0 Å². The summed E-state index contributed by atoms with van der Waals surface area (Å²) in [6.45, 7) is 1.96. The summed E-state index contributed by atoms with van der Waals surface area (Å²) in [6, 6.07) is 1.65. The van der Waals surface area contributed by atoms with Crippen LogP contribution in [0.5, 0.6) is 0 Å². The van der Waals surface area contributed by atoms with Crippen LogP contribution in [0.1, 0.15) is 13.3 Å². The molecule has 2 rings (SSSR count). The van der Waals surface area contributed by atoms with Crippen LogP contribution in [-0.2, 0) is 9.59 Å². The summed E-state index contributed by atoms with van der Waals surface area (Å²) in [5.74, 6) is -0.0530. The van der Waals surface area contributed by atoms with Gasteiger partial charge < -0.3 is 10.6 Å². The van der Waals surface area contributed by atoms with Crippen LogP contribution in [0.25, 0.3) is 0 Å². The number of nitrogens with two attached hydrogens (primary N) is 1. The lowest BCUT2D eigenvalue weighted by Gasteiger charge is -2.18. The topological polar surface area (TPSA) is 76.3 Å². The van der Waals surface area contributed by atoms with E-state index in [2.05, 4.69) is 4.98 Å². The van der Waals surface area contributed by atoms with Crippen LogP contribution in [0.4, 0.5) is 11.4 Å². The van der Waals surface area contributed by atoms with Crippen molar-refractivity contribution in [1.29, 1.82) is 0 Å². The van der Waals surface area contributed by atoms with E-state index in [1.807, 2.05) is 0 Å². The van der Waals surface area contributed by atoms with Crippen LogP contribution in [0, 0.1) is 0 Å². The first-order valence-corrected chi connectivity index (χ1v) is 6.62. The second-order valence-electron chi connectivity index (χ2n) is 3.97. The van der Waals surface area contributed by atoms with Crippen molar-refractivity contribution in [3.63, 3.8) is 0 Å². The van der Waals surface area contributed by atoms with Crippen molar-refractivity contribution >= 4 is 45.8 Å². The maximum Gasteiger partial charge on any atom is 0.228 e. The molecule has 0 saturated carbocycles. The summed E-state index contributed by atoms with van der Waals surface area (Å²) in [4.78, 5) is 28.4. The number of carbonyl (C=O) groups is 2. The third-order valence-corrected chi connectivity index (χ3v) is 3.91. The van der Waals surface area contributed by atoms with Gasteiger partial charge in [0.05, 0.1) is 11.4 Å². The van der Waals surface area contributed by atoms with Gasteiger partial charge in [-0.15, -0.1) is 0 Å². The summed E-state index contributed by atoms with van der Waals surface area (Å²) in [7, 11) is 0. The van der Waals surface area contributed by atoms with E-state index in [4.69, 9.17) is 17.3 Å². The van der Waals surface area contributed by atoms with Crippen molar-refractivity contribution in [2.45, 2.75) is 18.6 Å². The molecule has 2 N–H and O–H groups in total. The average Bonchev–Trinajstić information content (AvgIpc) is 2.62. The van der Waals surface area contributed by atoms with Gasteiger partial charge in [0.25, 0.3) is 0 Å². The fourth-order valence-electron chi connectivity index (χ4n) is 1.89. The second kappa shape index (κ2) is 5.16. The number of rotatable bonds is 2. The zero-order valence-electron chi connectivity index (χ0n) is 9.72. The molecule has 1 unspecified atom stereocenters. The van der Waals surface area contributed by atoms with E-state index < -0.39 is 0 Å². The van der Waals surface area contributed by atoms with Crippen molar-refractivity contribution in [3.8, 4) is 0 Å². The van der Waals surface area contributed by atoms with Gasteiger partial charge in [-0.2, -0.15) is 0 Å². The normalized spacial score (nSPS) is 19.3. The molecule has 0 aliphatic carbocycles. The molecule has 7 heteroatoms. The third kappa shape index (κ3) is 2.59. The molecule has 1 aromatic heterocycles. The number of carbonyl (C=O) groups excluding carboxylic acids is 2. The largest absolute Gasteiger partial charge is 0.395 e. The molecule has 0 radical (unpaired) electrons. The van der Waals surface area contributed by atoms with Gasteiger partial charge in [0, 0.05) is 31.3 Å². The van der Waals surface area contributed by atoms with Gasteiger partial charge >= 0.3 is 0 Å². The van der Waals surface area contributed by atoms with Crippen LogP contribution in [0.15, 0.2) is 12.3 Å². The molecule has 1 saturated heterocycles. The predicted molar refractivity (Wildman–Crippen MR) is 72.7 cm³/mol. The SMILES string of the molecule is CC(=O)SC1CC(=O)N(c2ccnc(Cl)c2N)C1. The van der Waals surface area contributed by atoms with Crippen molar-refractivity contribution in [3.05, 3.63) is 17.4 Å². The number of pyridine rings is 1. The van der Waals surface area contributed by atoms with Gasteiger partial charge in [-0.05, 0) is 6.07 Å². The molecular weight excluding hydrogens is 274 g/mol. The van der Waals surface area contributed by atoms with Gasteiger partial charge in [-0.3, -0.25) is 9.59 Å². The smallest absolute Gasteiger partial charge is 0.228 e. The van der Waals surface area contributed by atoms with Gasteiger partial charge in [-0.1, -0.05) is 23.4 Å². The predicted octanol–water partition coefficient (Wildman–Crippen LogP) is 1.70. The number of thioether (sulfide) groups is 1. The standard InChI is InChI=1S/C11H12ClN3O2S/c1-6(16)18-7-4-9(17)15(5-7)8-2-3-14-11(12)10(8)13/h2-3,7H,4-5,13H2,1H3. The highest BCUT2D eigenvalue weighted by atomic mass is 35.5. The van der Waals surface area contributed by atoms with Gasteiger partial charge in [0.15, 0.2) is 10.3 Å². The van der Waals surface area contributed by atoms with Crippen LogP contribution >= 0.6 is 23.4 Å². The molecule has 0 aromatic carbocycles. The highest BCUT2D eigenvalue weighted by molar-refractivity contribution is 8.14. The lowest BCUT2D eigenvalue weighted by atomic mass is 10.3. The van der Waals surface area contributed by atoms with E-state index in [1.165, 1.54) is 24.9 Å². The van der Waals surface area contributed by atoms with Crippen molar-refractivity contribution in [2.75, 3.05) is 17.2 Å². The monoisotopic (exact) mass is 285 g/mol. The lowest BCUT2D eigenvalue weighted by Crippen LogP contribution is -2.26. The Balaban J connectivity index is 2.22. The molecule has 0 bridgehead atoms. The second-order valence-corrected chi connectivity index (χ2v) is 5.81. The minimum Gasteiger partial charge on any atom is -0.395 e. The Kier molecular flexibility index (Phi) is 3.77. The molecule has 2 heterocycles. The minimum atomic E-state index is -0.0530. The highest BCUT2D eigenvalue weighted by Crippen LogP contribution is 2.34. The Morgan fingerprint density at radius 1 is 1.67 bits per heavy atom. The first kappa shape index (κ1) is 13.2. The Hall–Kier alpha value is -1.27. The number of aromatic nitrogens is 1. The molecule has 5 nitrogen and oxygen atoms in total. The average molecular weight is 286 g/mol. The molecule has 1 aliphatic heterocycles. The molecule has 1 fully saturated rings. The molecule has 1 atom stereocenters. The number of nitrogen functional groups attached to an aromatic ring is 1. The van der Waals surface area contributed by atoms with Crippen LogP contribution in [0.3, 0.4) is 0 Å². The Bertz CT molecular complexity index is 509.